The summed E-state index contributed by atoms with van der Waals surface area (Å²) in [7, 11) is -4.04. The highest BCUT2D eigenvalue weighted by Crippen LogP contribution is 2.30. The third kappa shape index (κ3) is 7.62. The number of aromatic nitrogens is 1. The largest absolute Gasteiger partial charge is 0.347 e. The smallest absolute Gasteiger partial charge is 0.284 e. The molecule has 7 nitrogen and oxygen atoms in total. The summed E-state index contributed by atoms with van der Waals surface area (Å²) in [5.41, 5.74) is 2.06. The first kappa shape index (κ1) is 27.7. The molecule has 0 aliphatic heterocycles. The first-order valence-electron chi connectivity index (χ1n) is 12.7. The van der Waals surface area contributed by atoms with Crippen LogP contribution in [0.15, 0.2) is 48.5 Å². The van der Waals surface area contributed by atoms with Gasteiger partial charge in [-0.3, -0.25) is 4.79 Å². The molecule has 2 aromatic carbocycles. The number of benzene rings is 2. The average molecular weight is 555 g/mol. The van der Waals surface area contributed by atoms with Gasteiger partial charge < -0.3 is 4.90 Å². The van der Waals surface area contributed by atoms with Crippen molar-refractivity contribution in [2.45, 2.75) is 51.2 Å². The first-order valence-corrected chi connectivity index (χ1v) is 15.2. The predicted octanol–water partition coefficient (Wildman–Crippen LogP) is 5.35. The van der Waals surface area contributed by atoms with Crippen LogP contribution in [-0.2, 0) is 22.2 Å². The van der Waals surface area contributed by atoms with Crippen LogP contribution in [0, 0.1) is 30.0 Å². The van der Waals surface area contributed by atoms with Crippen molar-refractivity contribution in [1.82, 2.24) is 9.71 Å². The Bertz CT molecular complexity index is 1410. The minimum Gasteiger partial charge on any atom is -0.347 e. The van der Waals surface area contributed by atoms with Crippen LogP contribution in [0.3, 0.4) is 0 Å². The van der Waals surface area contributed by atoms with Gasteiger partial charge in [-0.1, -0.05) is 43.5 Å². The molecule has 1 saturated carbocycles. The van der Waals surface area contributed by atoms with Crippen molar-refractivity contribution in [3.8, 4) is 6.07 Å². The van der Waals surface area contributed by atoms with E-state index in [9.17, 15) is 17.6 Å². The van der Waals surface area contributed by atoms with Gasteiger partial charge in [-0.25, -0.2) is 22.5 Å². The highest BCUT2D eigenvalue weighted by atomic mass is 32.2. The van der Waals surface area contributed by atoms with Crippen molar-refractivity contribution in [1.29, 1.82) is 5.26 Å². The molecule has 1 heterocycles. The molecule has 10 heteroatoms. The van der Waals surface area contributed by atoms with Crippen LogP contribution in [0.25, 0.3) is 0 Å². The van der Waals surface area contributed by atoms with E-state index in [2.05, 4.69) is 20.7 Å². The molecular weight excluding hydrogens is 523 g/mol. The molecule has 1 aliphatic carbocycles. The number of carbonyl (C=O) groups excluding carboxylic acids is 1. The van der Waals surface area contributed by atoms with E-state index in [-0.39, 0.29) is 11.3 Å². The van der Waals surface area contributed by atoms with Gasteiger partial charge in [0.25, 0.3) is 5.91 Å². The molecule has 0 unspecified atom stereocenters. The molecule has 1 amide bonds. The quantitative estimate of drug-likeness (QED) is 0.362. The molecule has 0 saturated heterocycles. The second-order valence-electron chi connectivity index (χ2n) is 9.73. The van der Waals surface area contributed by atoms with Crippen LogP contribution in [-0.4, -0.2) is 32.4 Å². The number of carbonyl (C=O) groups is 1. The van der Waals surface area contributed by atoms with Crippen LogP contribution in [0.4, 0.5) is 9.52 Å². The Morgan fingerprint density at radius 3 is 2.58 bits per heavy atom. The third-order valence-electron chi connectivity index (χ3n) is 6.72. The Kier molecular flexibility index (Phi) is 9.13. The standard InChI is InChI=1S/C28H31FN4O3S2/c1-20-26(27(34)32-38(35,36)19-24-8-5-9-25(29)16-24)31-28(37-20)33(18-23-6-3-2-4-7-23)15-14-21-10-12-22(17-30)13-11-21/h5,8-13,16,23H,2-4,6-7,14-15,18-19H2,1H3,(H,32,34). The predicted molar refractivity (Wildman–Crippen MR) is 147 cm³/mol. The molecule has 0 spiro atoms. The number of thiazole rings is 1. The molecule has 1 fully saturated rings. The number of anilines is 1. The zero-order valence-corrected chi connectivity index (χ0v) is 23.0. The lowest BCUT2D eigenvalue weighted by atomic mass is 9.89. The number of halogens is 1. The Balaban J connectivity index is 1.49. The maximum atomic E-state index is 13.5. The Hall–Kier alpha value is -3.29. The second-order valence-corrected chi connectivity index (χ2v) is 12.6. The Morgan fingerprint density at radius 2 is 1.89 bits per heavy atom. The maximum absolute atomic E-state index is 13.5. The van der Waals surface area contributed by atoms with E-state index in [1.54, 1.807) is 19.1 Å². The van der Waals surface area contributed by atoms with Crippen LogP contribution in [0.1, 0.15) is 64.2 Å². The lowest BCUT2D eigenvalue weighted by Crippen LogP contribution is -2.33. The Labute approximate surface area is 227 Å². The monoisotopic (exact) mass is 554 g/mol. The van der Waals surface area contributed by atoms with E-state index >= 15 is 0 Å². The molecule has 3 aromatic rings. The fourth-order valence-electron chi connectivity index (χ4n) is 4.76. The molecule has 0 atom stereocenters. The van der Waals surface area contributed by atoms with Crippen molar-refractivity contribution in [2.75, 3.05) is 18.0 Å². The summed E-state index contributed by atoms with van der Waals surface area (Å²) in [6, 6.07) is 14.9. The van der Waals surface area contributed by atoms with E-state index in [1.165, 1.54) is 48.8 Å². The van der Waals surface area contributed by atoms with E-state index in [4.69, 9.17) is 5.26 Å². The van der Waals surface area contributed by atoms with Gasteiger partial charge in [0, 0.05) is 18.0 Å². The fourth-order valence-corrected chi connectivity index (χ4v) is 6.77. The van der Waals surface area contributed by atoms with Gasteiger partial charge >= 0.3 is 0 Å². The normalized spacial score (nSPS) is 14.1. The topological polar surface area (TPSA) is 103 Å². The van der Waals surface area contributed by atoms with Gasteiger partial charge in [0.2, 0.25) is 10.0 Å². The highest BCUT2D eigenvalue weighted by molar-refractivity contribution is 7.89. The molecular formula is C28H31FN4O3S2. The fraction of sp³-hybridized carbons (Fsp3) is 0.393. The zero-order valence-electron chi connectivity index (χ0n) is 21.3. The van der Waals surface area contributed by atoms with Crippen molar-refractivity contribution in [3.05, 3.63) is 81.6 Å². The summed E-state index contributed by atoms with van der Waals surface area (Å²) in [6.07, 6.45) is 6.74. The molecule has 1 aliphatic rings. The van der Waals surface area contributed by atoms with Crippen LogP contribution in [0.5, 0.6) is 0 Å². The van der Waals surface area contributed by atoms with Crippen LogP contribution in [0.2, 0.25) is 0 Å². The van der Waals surface area contributed by atoms with Gasteiger partial charge in [0.15, 0.2) is 5.13 Å². The number of hydrogen-bond acceptors (Lipinski definition) is 7. The van der Waals surface area contributed by atoms with Gasteiger partial charge in [0.05, 0.1) is 17.4 Å². The van der Waals surface area contributed by atoms with Crippen molar-refractivity contribution >= 4 is 32.4 Å². The highest BCUT2D eigenvalue weighted by Gasteiger charge is 2.25. The van der Waals surface area contributed by atoms with E-state index in [1.807, 2.05) is 12.1 Å². The SMILES string of the molecule is Cc1sc(N(CCc2ccc(C#N)cc2)CC2CCCCC2)nc1C(=O)NS(=O)(=O)Cc1cccc(F)c1. The summed E-state index contributed by atoms with van der Waals surface area (Å²) in [5, 5.41) is 9.74. The van der Waals surface area contributed by atoms with Crippen LogP contribution >= 0.6 is 11.3 Å². The number of aryl methyl sites for hydroxylation is 1. The summed E-state index contributed by atoms with van der Waals surface area (Å²) in [4.78, 5) is 20.4. The number of nitrogens with one attached hydrogen (secondary N) is 1. The number of hydrogen-bond donors (Lipinski definition) is 1. The molecule has 1 N–H and O–H groups in total. The van der Waals surface area contributed by atoms with E-state index in [0.717, 1.165) is 37.4 Å². The minimum absolute atomic E-state index is 0.0832. The lowest BCUT2D eigenvalue weighted by molar-refractivity contribution is 0.0976. The molecule has 200 valence electrons. The van der Waals surface area contributed by atoms with Crippen molar-refractivity contribution < 1.29 is 17.6 Å². The van der Waals surface area contributed by atoms with Gasteiger partial charge in [-0.15, -0.1) is 11.3 Å². The van der Waals surface area contributed by atoms with E-state index < -0.39 is 27.5 Å². The zero-order chi connectivity index (χ0) is 27.1. The molecule has 0 bridgehead atoms. The second kappa shape index (κ2) is 12.5. The third-order valence-corrected chi connectivity index (χ3v) is 8.96. The molecule has 4 rings (SSSR count). The number of amides is 1. The number of sulfonamides is 1. The van der Waals surface area contributed by atoms with Crippen molar-refractivity contribution in [3.63, 3.8) is 0 Å². The lowest BCUT2D eigenvalue weighted by Gasteiger charge is -2.29. The minimum atomic E-state index is -4.04. The van der Waals surface area contributed by atoms with E-state index in [0.29, 0.717) is 28.0 Å². The first-order chi connectivity index (χ1) is 18.2. The average Bonchev–Trinajstić information content (AvgIpc) is 3.28. The number of nitriles is 1. The van der Waals surface area contributed by atoms with Crippen molar-refractivity contribution in [2.24, 2.45) is 5.92 Å². The summed E-state index contributed by atoms with van der Waals surface area (Å²) < 4.78 is 40.8. The summed E-state index contributed by atoms with van der Waals surface area (Å²) in [5.74, 6) is -1.29. The molecule has 0 radical (unpaired) electrons. The maximum Gasteiger partial charge on any atom is 0.284 e. The summed E-state index contributed by atoms with van der Waals surface area (Å²) >= 11 is 1.38. The number of nitrogens with zero attached hydrogens (tertiary/aromatic N) is 3. The number of rotatable bonds is 10. The summed E-state index contributed by atoms with van der Waals surface area (Å²) in [6.45, 7) is 3.27. The molecule has 1 aromatic heterocycles. The van der Waals surface area contributed by atoms with Gasteiger partial charge in [-0.2, -0.15) is 5.26 Å². The van der Waals surface area contributed by atoms with Gasteiger partial charge in [0.1, 0.15) is 11.5 Å². The van der Waals surface area contributed by atoms with Gasteiger partial charge in [-0.05, 0) is 67.5 Å². The Morgan fingerprint density at radius 1 is 1.16 bits per heavy atom. The van der Waals surface area contributed by atoms with Crippen LogP contribution < -0.4 is 9.62 Å². The molecule has 38 heavy (non-hydrogen) atoms.